The molecule has 0 aromatic rings. The van der Waals surface area contributed by atoms with Gasteiger partial charge in [-0.2, -0.15) is 0 Å². The zero-order chi connectivity index (χ0) is 5.21. The van der Waals surface area contributed by atoms with Crippen LogP contribution < -0.4 is 5.73 Å². The van der Waals surface area contributed by atoms with Gasteiger partial charge < -0.3 is 10.8 Å². The van der Waals surface area contributed by atoms with E-state index in [1.807, 2.05) is 0 Å². The monoisotopic (exact) mass is 109 g/mol. The zero-order valence-corrected chi connectivity index (χ0v) is 4.37. The molecule has 0 fully saturated rings. The topological polar surface area (TPSA) is 46.2 Å². The lowest BCUT2D eigenvalue weighted by atomic mass is 10.4. The van der Waals surface area contributed by atoms with Crippen molar-refractivity contribution in [2.75, 3.05) is 6.61 Å². The molecule has 2 nitrogen and oxygen atoms in total. The molecule has 38 valence electrons. The summed E-state index contributed by atoms with van der Waals surface area (Å²) in [7, 11) is 0. The van der Waals surface area contributed by atoms with Crippen LogP contribution in [0, 0.1) is 0 Å². The molecule has 0 saturated heterocycles. The highest BCUT2D eigenvalue weighted by Crippen LogP contribution is 2.00. The smallest absolute Gasteiger partial charge is 0.111 e. The van der Waals surface area contributed by atoms with E-state index in [9.17, 15) is 0 Å². The van der Waals surface area contributed by atoms with E-state index in [0.29, 0.717) is 0 Å². The van der Waals surface area contributed by atoms with Crippen molar-refractivity contribution in [2.45, 2.75) is 11.9 Å². The van der Waals surface area contributed by atoms with Gasteiger partial charge in [0.05, 0.1) is 6.61 Å². The highest BCUT2D eigenvalue weighted by atomic mass is 35.5. The predicted molar refractivity (Wildman–Crippen MR) is 25.5 cm³/mol. The first kappa shape index (κ1) is 6.21. The van der Waals surface area contributed by atoms with Gasteiger partial charge in [-0.15, -0.1) is 11.6 Å². The number of hydrogen-bond donors (Lipinski definition) is 2. The molecule has 6 heavy (non-hydrogen) atoms. The van der Waals surface area contributed by atoms with Crippen molar-refractivity contribution < 1.29 is 5.11 Å². The van der Waals surface area contributed by atoms with Crippen LogP contribution in [0.4, 0.5) is 0 Å². The van der Waals surface area contributed by atoms with Gasteiger partial charge in [0, 0.05) is 0 Å². The molecule has 0 heterocycles. The fraction of sp³-hybridized carbons (Fsp3) is 1.00. The quantitative estimate of drug-likeness (QED) is 0.365. The lowest BCUT2D eigenvalue weighted by Gasteiger charge is -2.08. The van der Waals surface area contributed by atoms with E-state index >= 15 is 0 Å². The standard InChI is InChI=1S/C3H8ClNO/c1-3(4,5)2-6/h6H,2,5H2,1H3. The van der Waals surface area contributed by atoms with Crippen LogP contribution in [-0.4, -0.2) is 16.7 Å². The Morgan fingerprint density at radius 1 is 2.00 bits per heavy atom. The zero-order valence-electron chi connectivity index (χ0n) is 3.61. The maximum Gasteiger partial charge on any atom is 0.111 e. The second-order valence-corrected chi connectivity index (χ2v) is 2.30. The molecular formula is C3H8ClNO. The number of rotatable bonds is 1. The molecule has 0 aromatic heterocycles. The summed E-state index contributed by atoms with van der Waals surface area (Å²) in [6.45, 7) is 1.35. The molecule has 0 aliphatic carbocycles. The van der Waals surface area contributed by atoms with Gasteiger partial charge in [0.15, 0.2) is 0 Å². The molecule has 0 amide bonds. The largest absolute Gasteiger partial charge is 0.393 e. The van der Waals surface area contributed by atoms with Crippen LogP contribution >= 0.6 is 11.6 Å². The Morgan fingerprint density at radius 3 is 2.17 bits per heavy atom. The Bertz CT molecular complexity index is 40.5. The third-order valence-electron chi connectivity index (χ3n) is 0.309. The van der Waals surface area contributed by atoms with Gasteiger partial charge in [-0.25, -0.2) is 0 Å². The van der Waals surface area contributed by atoms with Gasteiger partial charge in [-0.05, 0) is 6.92 Å². The molecular weight excluding hydrogens is 101 g/mol. The van der Waals surface area contributed by atoms with Gasteiger partial charge in [0.25, 0.3) is 0 Å². The number of halogens is 1. The van der Waals surface area contributed by atoms with Gasteiger partial charge in [-0.3, -0.25) is 0 Å². The van der Waals surface area contributed by atoms with Gasteiger partial charge in [0.2, 0.25) is 0 Å². The molecule has 0 saturated carbocycles. The first-order valence-electron chi connectivity index (χ1n) is 1.65. The summed E-state index contributed by atoms with van der Waals surface area (Å²) in [4.78, 5) is -0.931. The summed E-state index contributed by atoms with van der Waals surface area (Å²) in [6.07, 6.45) is 0. The Hall–Kier alpha value is 0.210. The molecule has 0 bridgehead atoms. The second kappa shape index (κ2) is 1.78. The summed E-state index contributed by atoms with van der Waals surface area (Å²) >= 11 is 5.25. The van der Waals surface area contributed by atoms with Crippen molar-refractivity contribution in [3.05, 3.63) is 0 Å². The van der Waals surface area contributed by atoms with Crippen LogP contribution in [-0.2, 0) is 0 Å². The maximum atomic E-state index is 8.15. The van der Waals surface area contributed by atoms with Crippen molar-refractivity contribution in [1.82, 2.24) is 0 Å². The number of aliphatic hydroxyl groups is 1. The first-order chi connectivity index (χ1) is 2.56. The summed E-state index contributed by atoms with van der Waals surface area (Å²) in [6, 6.07) is 0. The van der Waals surface area contributed by atoms with Crippen LogP contribution in [0.3, 0.4) is 0 Å². The third-order valence-corrected chi connectivity index (χ3v) is 0.429. The van der Waals surface area contributed by atoms with Crippen molar-refractivity contribution >= 4 is 11.6 Å². The number of nitrogens with two attached hydrogens (primary N) is 1. The lowest BCUT2D eigenvalue weighted by Crippen LogP contribution is -2.32. The van der Waals surface area contributed by atoms with Crippen LogP contribution in [0.5, 0.6) is 0 Å². The van der Waals surface area contributed by atoms with Gasteiger partial charge in [-0.1, -0.05) is 0 Å². The minimum atomic E-state index is -0.931. The molecule has 0 radical (unpaired) electrons. The fourth-order valence-corrected chi connectivity index (χ4v) is 0. The van der Waals surface area contributed by atoms with Crippen LogP contribution in [0.15, 0.2) is 0 Å². The van der Waals surface area contributed by atoms with Crippen molar-refractivity contribution in [1.29, 1.82) is 0 Å². The number of alkyl halides is 1. The Kier molecular flexibility index (Phi) is 1.84. The normalized spacial score (nSPS) is 20.0. The minimum absolute atomic E-state index is 0.186. The van der Waals surface area contributed by atoms with Crippen LogP contribution in [0.1, 0.15) is 6.92 Å². The van der Waals surface area contributed by atoms with Crippen molar-refractivity contribution in [2.24, 2.45) is 5.73 Å². The molecule has 1 atom stereocenters. The minimum Gasteiger partial charge on any atom is -0.393 e. The van der Waals surface area contributed by atoms with E-state index in [-0.39, 0.29) is 6.61 Å². The van der Waals surface area contributed by atoms with E-state index in [2.05, 4.69) is 0 Å². The first-order valence-corrected chi connectivity index (χ1v) is 2.03. The maximum absolute atomic E-state index is 8.15. The van der Waals surface area contributed by atoms with Crippen LogP contribution in [0.2, 0.25) is 0 Å². The highest BCUT2D eigenvalue weighted by Gasteiger charge is 2.09. The summed E-state index contributed by atoms with van der Waals surface area (Å²) < 4.78 is 0. The average Bonchev–Trinajstić information content (AvgIpc) is 1.35. The Balaban J connectivity index is 3.17. The van der Waals surface area contributed by atoms with Crippen molar-refractivity contribution in [3.8, 4) is 0 Å². The lowest BCUT2D eigenvalue weighted by molar-refractivity contribution is 0.256. The van der Waals surface area contributed by atoms with E-state index in [1.54, 1.807) is 0 Å². The Morgan fingerprint density at radius 2 is 2.17 bits per heavy atom. The summed E-state index contributed by atoms with van der Waals surface area (Å²) in [5.41, 5.74) is 5.05. The van der Waals surface area contributed by atoms with E-state index < -0.39 is 5.00 Å². The molecule has 0 aromatic carbocycles. The molecule has 0 rings (SSSR count). The molecule has 0 aliphatic rings. The average molecular weight is 110 g/mol. The van der Waals surface area contributed by atoms with Gasteiger partial charge >= 0.3 is 0 Å². The van der Waals surface area contributed by atoms with E-state index in [0.717, 1.165) is 0 Å². The van der Waals surface area contributed by atoms with Crippen molar-refractivity contribution in [3.63, 3.8) is 0 Å². The molecule has 0 spiro atoms. The second-order valence-electron chi connectivity index (χ2n) is 1.44. The third kappa shape index (κ3) is 4.21. The molecule has 0 aliphatic heterocycles. The molecule has 1 unspecified atom stereocenters. The van der Waals surface area contributed by atoms with E-state index in [1.165, 1.54) is 6.92 Å². The highest BCUT2D eigenvalue weighted by molar-refractivity contribution is 6.23. The fourth-order valence-electron chi connectivity index (χ4n) is 0. The Labute approximate surface area is 41.9 Å². The summed E-state index contributed by atoms with van der Waals surface area (Å²) in [5.74, 6) is 0. The molecule has 3 heteroatoms. The number of hydrogen-bond acceptors (Lipinski definition) is 2. The van der Waals surface area contributed by atoms with Gasteiger partial charge in [0.1, 0.15) is 5.00 Å². The number of aliphatic hydroxyl groups excluding tert-OH is 1. The molecule has 3 N–H and O–H groups in total. The SMILES string of the molecule is CC(N)(Cl)CO. The van der Waals surface area contributed by atoms with E-state index in [4.69, 9.17) is 22.4 Å². The summed E-state index contributed by atoms with van der Waals surface area (Å²) in [5, 5.41) is 8.15. The predicted octanol–water partition coefficient (Wildman–Crippen LogP) is -0.108. The van der Waals surface area contributed by atoms with Crippen LogP contribution in [0.25, 0.3) is 0 Å².